The molecule has 146 valence electrons. The zero-order valence-electron chi connectivity index (χ0n) is 16.2. The van der Waals surface area contributed by atoms with Crippen LogP contribution in [0.2, 0.25) is 0 Å². The largest absolute Gasteiger partial charge is 0.344 e. The number of rotatable bonds is 8. The molecule has 1 heterocycles. The molecule has 2 amide bonds. The molecule has 1 unspecified atom stereocenters. The van der Waals surface area contributed by atoms with E-state index in [4.69, 9.17) is 0 Å². The highest BCUT2D eigenvalue weighted by Gasteiger charge is 2.31. The van der Waals surface area contributed by atoms with Gasteiger partial charge < -0.3 is 15.5 Å². The van der Waals surface area contributed by atoms with Crippen LogP contribution in [0.1, 0.15) is 59.8 Å². The maximum Gasteiger partial charge on any atom is 0.245 e. The van der Waals surface area contributed by atoms with E-state index in [-0.39, 0.29) is 30.1 Å². The first-order valence-electron chi connectivity index (χ1n) is 9.68. The predicted octanol–water partition coefficient (Wildman–Crippen LogP) is 2.59. The quantitative estimate of drug-likeness (QED) is 0.687. The summed E-state index contributed by atoms with van der Waals surface area (Å²) in [4.78, 5) is 26.8. The van der Waals surface area contributed by atoms with Crippen molar-refractivity contribution in [3.63, 3.8) is 0 Å². The monoisotopic (exact) mass is 373 g/mol. The minimum Gasteiger partial charge on any atom is -0.344 e. The maximum atomic E-state index is 12.8. The van der Waals surface area contributed by atoms with Crippen LogP contribution in [0.15, 0.2) is 0 Å². The molecule has 0 spiro atoms. The molecule has 0 bridgehead atoms. The van der Waals surface area contributed by atoms with Crippen LogP contribution in [-0.4, -0.2) is 48.4 Å². The summed E-state index contributed by atoms with van der Waals surface area (Å²) in [7, 11) is 0. The van der Waals surface area contributed by atoms with Crippen molar-refractivity contribution in [2.45, 2.75) is 71.9 Å². The normalized spacial score (nSPS) is 19.7. The van der Waals surface area contributed by atoms with E-state index in [1.807, 2.05) is 32.6 Å². The Morgan fingerprint density at radius 3 is 2.12 bits per heavy atom. The van der Waals surface area contributed by atoms with Crippen molar-refractivity contribution in [2.75, 3.05) is 19.6 Å². The van der Waals surface area contributed by atoms with Crippen molar-refractivity contribution in [3.8, 4) is 0 Å². The molecule has 0 aromatic heterocycles. The first-order valence-corrected chi connectivity index (χ1v) is 9.68. The van der Waals surface area contributed by atoms with Crippen LogP contribution in [0, 0.1) is 17.8 Å². The van der Waals surface area contributed by atoms with Gasteiger partial charge in [0.2, 0.25) is 11.8 Å². The molecule has 0 aromatic carbocycles. The van der Waals surface area contributed by atoms with Crippen LogP contribution in [0.3, 0.4) is 0 Å². The zero-order chi connectivity index (χ0) is 17.7. The molecule has 2 fully saturated rings. The standard InChI is InChI=1S/C19H35N3O2.ClH/c1-13(2)11-17(23)21-18(14(3)4)19(24)22-9-7-16(8-10-22)20-12-15-5-6-15;/h13-16,18,20H,5-12H2,1-4H3,(H,21,23);1H. The smallest absolute Gasteiger partial charge is 0.245 e. The SMILES string of the molecule is CC(C)CC(=O)NC(C(=O)N1CCC(NCC2CC2)CC1)C(C)C.Cl. The molecule has 1 saturated heterocycles. The van der Waals surface area contributed by atoms with Gasteiger partial charge in [-0.1, -0.05) is 27.7 Å². The van der Waals surface area contributed by atoms with Crippen LogP contribution in [0.4, 0.5) is 0 Å². The van der Waals surface area contributed by atoms with Gasteiger partial charge in [0.05, 0.1) is 0 Å². The number of hydrogen-bond acceptors (Lipinski definition) is 3. The van der Waals surface area contributed by atoms with Gasteiger partial charge in [-0.3, -0.25) is 9.59 Å². The number of amides is 2. The van der Waals surface area contributed by atoms with Gasteiger partial charge in [0.25, 0.3) is 0 Å². The van der Waals surface area contributed by atoms with Crippen LogP contribution in [0.5, 0.6) is 0 Å². The number of likely N-dealkylation sites (tertiary alicyclic amines) is 1. The van der Waals surface area contributed by atoms with Gasteiger partial charge >= 0.3 is 0 Å². The second-order valence-electron chi connectivity index (χ2n) is 8.34. The lowest BCUT2D eigenvalue weighted by Crippen LogP contribution is -2.54. The Hall–Kier alpha value is -0.810. The predicted molar refractivity (Wildman–Crippen MR) is 104 cm³/mol. The molecule has 1 aliphatic heterocycles. The van der Waals surface area contributed by atoms with Crippen molar-refractivity contribution in [2.24, 2.45) is 17.8 Å². The summed E-state index contributed by atoms with van der Waals surface area (Å²) < 4.78 is 0. The number of piperidine rings is 1. The molecule has 1 atom stereocenters. The average molecular weight is 374 g/mol. The molecule has 2 N–H and O–H groups in total. The summed E-state index contributed by atoms with van der Waals surface area (Å²) in [6.45, 7) is 10.8. The molecule has 5 nitrogen and oxygen atoms in total. The third-order valence-electron chi connectivity index (χ3n) is 5.04. The second-order valence-corrected chi connectivity index (χ2v) is 8.34. The topological polar surface area (TPSA) is 61.4 Å². The fraction of sp³-hybridized carbons (Fsp3) is 0.895. The fourth-order valence-electron chi connectivity index (χ4n) is 3.27. The third kappa shape index (κ3) is 7.53. The molecular formula is C19H36ClN3O2. The minimum absolute atomic E-state index is 0. The van der Waals surface area contributed by atoms with Gasteiger partial charge in [0.1, 0.15) is 6.04 Å². The number of hydrogen-bond donors (Lipinski definition) is 2. The molecule has 6 heteroatoms. The lowest BCUT2D eigenvalue weighted by atomic mass is 9.99. The summed E-state index contributed by atoms with van der Waals surface area (Å²) in [5.74, 6) is 1.38. The van der Waals surface area contributed by atoms with Gasteiger partial charge in [0, 0.05) is 25.6 Å². The number of carbonyl (C=O) groups excluding carboxylic acids is 2. The maximum absolute atomic E-state index is 12.8. The van der Waals surface area contributed by atoms with Crippen molar-refractivity contribution < 1.29 is 9.59 Å². The zero-order valence-corrected chi connectivity index (χ0v) is 17.0. The summed E-state index contributed by atoms with van der Waals surface area (Å²) in [6, 6.07) is 0.148. The number of halogens is 1. The summed E-state index contributed by atoms with van der Waals surface area (Å²) in [5.41, 5.74) is 0. The van der Waals surface area contributed by atoms with E-state index >= 15 is 0 Å². The van der Waals surface area contributed by atoms with E-state index in [1.165, 1.54) is 12.8 Å². The van der Waals surface area contributed by atoms with E-state index in [1.54, 1.807) is 0 Å². The van der Waals surface area contributed by atoms with Gasteiger partial charge in [-0.05, 0) is 50.0 Å². The van der Waals surface area contributed by atoms with E-state index in [2.05, 4.69) is 10.6 Å². The first kappa shape index (κ1) is 22.2. The van der Waals surface area contributed by atoms with Gasteiger partial charge in [-0.15, -0.1) is 12.4 Å². The lowest BCUT2D eigenvalue weighted by Gasteiger charge is -2.36. The van der Waals surface area contributed by atoms with Crippen LogP contribution < -0.4 is 10.6 Å². The van der Waals surface area contributed by atoms with Gasteiger partial charge in [0.15, 0.2) is 0 Å². The van der Waals surface area contributed by atoms with Crippen molar-refractivity contribution in [1.29, 1.82) is 0 Å². The Morgan fingerprint density at radius 1 is 1.04 bits per heavy atom. The minimum atomic E-state index is -0.396. The number of nitrogens with zero attached hydrogens (tertiary/aromatic N) is 1. The highest BCUT2D eigenvalue weighted by Crippen LogP contribution is 2.28. The van der Waals surface area contributed by atoms with Crippen LogP contribution >= 0.6 is 12.4 Å². The average Bonchev–Trinajstić information content (AvgIpc) is 3.34. The van der Waals surface area contributed by atoms with Gasteiger partial charge in [-0.2, -0.15) is 0 Å². The van der Waals surface area contributed by atoms with Crippen molar-refractivity contribution in [1.82, 2.24) is 15.5 Å². The van der Waals surface area contributed by atoms with Crippen molar-refractivity contribution >= 4 is 24.2 Å². The highest BCUT2D eigenvalue weighted by atomic mass is 35.5. The summed E-state index contributed by atoms with van der Waals surface area (Å²) in [5, 5.41) is 6.60. The molecule has 1 aliphatic carbocycles. The number of carbonyl (C=O) groups is 2. The van der Waals surface area contributed by atoms with E-state index < -0.39 is 6.04 Å². The Morgan fingerprint density at radius 2 is 1.64 bits per heavy atom. The molecule has 2 rings (SSSR count). The molecular weight excluding hydrogens is 338 g/mol. The second kappa shape index (κ2) is 10.4. The Kier molecular flexibility index (Phi) is 9.22. The first-order chi connectivity index (χ1) is 11.4. The molecule has 1 saturated carbocycles. The Balaban J connectivity index is 0.00000312. The highest BCUT2D eigenvalue weighted by molar-refractivity contribution is 5.88. The Labute approximate surface area is 159 Å². The molecule has 0 radical (unpaired) electrons. The van der Waals surface area contributed by atoms with E-state index in [0.29, 0.717) is 18.4 Å². The van der Waals surface area contributed by atoms with Crippen molar-refractivity contribution in [3.05, 3.63) is 0 Å². The fourth-order valence-corrected chi connectivity index (χ4v) is 3.27. The van der Waals surface area contributed by atoms with E-state index in [9.17, 15) is 9.59 Å². The molecule has 25 heavy (non-hydrogen) atoms. The van der Waals surface area contributed by atoms with Gasteiger partial charge in [-0.25, -0.2) is 0 Å². The summed E-state index contributed by atoms with van der Waals surface area (Å²) in [6.07, 6.45) is 5.25. The van der Waals surface area contributed by atoms with E-state index in [0.717, 1.165) is 38.4 Å². The lowest BCUT2D eigenvalue weighted by molar-refractivity contribution is -0.138. The van der Waals surface area contributed by atoms with Crippen LogP contribution in [-0.2, 0) is 9.59 Å². The Bertz CT molecular complexity index is 430. The number of nitrogens with one attached hydrogen (secondary N) is 2. The molecule has 0 aromatic rings. The van der Waals surface area contributed by atoms with Crippen LogP contribution in [0.25, 0.3) is 0 Å². The third-order valence-corrected chi connectivity index (χ3v) is 5.04. The molecule has 2 aliphatic rings. The summed E-state index contributed by atoms with van der Waals surface area (Å²) >= 11 is 0.